The van der Waals surface area contributed by atoms with Crippen molar-refractivity contribution in [2.75, 3.05) is 0 Å². The lowest BCUT2D eigenvalue weighted by Crippen LogP contribution is -2.02. The van der Waals surface area contributed by atoms with Crippen LogP contribution in [0.25, 0.3) is 10.9 Å². The molecule has 0 aliphatic rings. The van der Waals surface area contributed by atoms with Gasteiger partial charge in [0.25, 0.3) is 5.56 Å². The summed E-state index contributed by atoms with van der Waals surface area (Å²) in [5, 5.41) is 0.727. The van der Waals surface area contributed by atoms with Gasteiger partial charge in [-0.2, -0.15) is 0 Å². The summed E-state index contributed by atoms with van der Waals surface area (Å²) in [6, 6.07) is 3.69. The summed E-state index contributed by atoms with van der Waals surface area (Å²) in [7, 11) is 0. The van der Waals surface area contributed by atoms with E-state index in [0.717, 1.165) is 16.6 Å². The number of aromatic amines is 2. The third kappa shape index (κ3) is 0.852. The molecule has 0 saturated carbocycles. The Balaban J connectivity index is 3.02. The van der Waals surface area contributed by atoms with Crippen molar-refractivity contribution in [3.63, 3.8) is 0 Å². The Hall–Kier alpha value is -1.51. The van der Waals surface area contributed by atoms with Crippen molar-refractivity contribution in [2.45, 2.75) is 6.92 Å². The van der Waals surface area contributed by atoms with Gasteiger partial charge in [-0.15, -0.1) is 0 Å². The topological polar surface area (TPSA) is 48.6 Å². The molecule has 56 valence electrons. The van der Waals surface area contributed by atoms with E-state index in [0.29, 0.717) is 0 Å². The van der Waals surface area contributed by atoms with Crippen LogP contribution in [0.5, 0.6) is 0 Å². The average Bonchev–Trinajstić information content (AvgIpc) is 2.31. The molecule has 2 rings (SSSR count). The summed E-state index contributed by atoms with van der Waals surface area (Å²) in [4.78, 5) is 16.8. The lowest BCUT2D eigenvalue weighted by Gasteiger charge is -1.84. The fourth-order valence-electron chi connectivity index (χ4n) is 1.21. The molecule has 0 spiro atoms. The van der Waals surface area contributed by atoms with Gasteiger partial charge in [-0.3, -0.25) is 4.79 Å². The van der Waals surface area contributed by atoms with Crippen LogP contribution in [0.4, 0.5) is 0 Å². The van der Waals surface area contributed by atoms with E-state index in [1.807, 2.05) is 19.1 Å². The van der Waals surface area contributed by atoms with Crippen LogP contribution >= 0.6 is 0 Å². The molecule has 2 N–H and O–H groups in total. The minimum Gasteiger partial charge on any atom is -0.358 e. The molecular weight excluding hydrogens is 140 g/mol. The zero-order valence-electron chi connectivity index (χ0n) is 6.14. The number of pyridine rings is 1. The number of aryl methyl sites for hydroxylation is 1. The number of H-pyrrole nitrogens is 2. The van der Waals surface area contributed by atoms with Crippen LogP contribution in [0.2, 0.25) is 0 Å². The number of hydrogen-bond acceptors (Lipinski definition) is 1. The Kier molecular flexibility index (Phi) is 1.12. The number of fused-ring (bicyclic) bond motifs is 1. The molecule has 0 atom stereocenters. The molecule has 2 aromatic heterocycles. The zero-order chi connectivity index (χ0) is 7.84. The number of aromatic nitrogens is 2. The maximum Gasteiger partial charge on any atom is 0.257 e. The Morgan fingerprint density at radius 2 is 2.27 bits per heavy atom. The Bertz CT molecular complexity index is 439. The van der Waals surface area contributed by atoms with E-state index in [1.54, 1.807) is 6.20 Å². The smallest absolute Gasteiger partial charge is 0.257 e. The predicted octanol–water partition coefficient (Wildman–Crippen LogP) is 1.16. The van der Waals surface area contributed by atoms with E-state index in [4.69, 9.17) is 0 Å². The molecule has 0 bridgehead atoms. The summed E-state index contributed by atoms with van der Waals surface area (Å²) in [6.45, 7) is 1.93. The molecule has 0 saturated heterocycles. The molecule has 2 aromatic rings. The van der Waals surface area contributed by atoms with E-state index in [-0.39, 0.29) is 5.56 Å². The van der Waals surface area contributed by atoms with Gasteiger partial charge in [0.05, 0.1) is 10.9 Å². The second-order valence-corrected chi connectivity index (χ2v) is 2.59. The number of rotatable bonds is 0. The van der Waals surface area contributed by atoms with Crippen LogP contribution in [0.15, 0.2) is 23.1 Å². The Labute approximate surface area is 63.1 Å². The van der Waals surface area contributed by atoms with Gasteiger partial charge in [-0.05, 0) is 19.1 Å². The number of nitrogens with one attached hydrogen (secondary N) is 2. The first-order valence-corrected chi connectivity index (χ1v) is 3.44. The highest BCUT2D eigenvalue weighted by Gasteiger charge is 1.98. The van der Waals surface area contributed by atoms with Gasteiger partial charge in [0.1, 0.15) is 0 Å². The fourth-order valence-corrected chi connectivity index (χ4v) is 1.21. The lowest BCUT2D eigenvalue weighted by molar-refractivity contribution is 1.27. The van der Waals surface area contributed by atoms with Crippen molar-refractivity contribution in [1.82, 2.24) is 9.97 Å². The van der Waals surface area contributed by atoms with Gasteiger partial charge in [0, 0.05) is 11.9 Å². The van der Waals surface area contributed by atoms with Gasteiger partial charge < -0.3 is 9.97 Å². The molecule has 0 aliphatic carbocycles. The molecular formula is C8H8N2O. The van der Waals surface area contributed by atoms with E-state index >= 15 is 0 Å². The first-order valence-electron chi connectivity index (χ1n) is 3.44. The van der Waals surface area contributed by atoms with E-state index in [9.17, 15) is 4.79 Å². The second kappa shape index (κ2) is 1.99. The molecule has 0 aromatic carbocycles. The molecule has 2 heterocycles. The highest BCUT2D eigenvalue weighted by molar-refractivity contribution is 5.78. The van der Waals surface area contributed by atoms with Crippen LogP contribution < -0.4 is 5.56 Å². The zero-order valence-corrected chi connectivity index (χ0v) is 6.14. The maximum absolute atomic E-state index is 11.1. The van der Waals surface area contributed by atoms with Crippen molar-refractivity contribution in [1.29, 1.82) is 0 Å². The van der Waals surface area contributed by atoms with Crippen molar-refractivity contribution >= 4 is 10.9 Å². The minimum atomic E-state index is -0.0353. The SMILES string of the molecule is Cc1cc2c(=O)[nH]ccc2[nH]1. The van der Waals surface area contributed by atoms with Crippen LogP contribution in [0.3, 0.4) is 0 Å². The molecule has 0 fully saturated rings. The van der Waals surface area contributed by atoms with Gasteiger partial charge in [-0.25, -0.2) is 0 Å². The van der Waals surface area contributed by atoms with E-state index in [2.05, 4.69) is 9.97 Å². The van der Waals surface area contributed by atoms with Crippen molar-refractivity contribution in [3.05, 3.63) is 34.4 Å². The first-order chi connectivity index (χ1) is 5.27. The third-order valence-electron chi connectivity index (χ3n) is 1.69. The summed E-state index contributed by atoms with van der Waals surface area (Å²) in [5.41, 5.74) is 1.87. The first kappa shape index (κ1) is 6.22. The van der Waals surface area contributed by atoms with Crippen LogP contribution in [-0.4, -0.2) is 9.97 Å². The van der Waals surface area contributed by atoms with Crippen LogP contribution in [0, 0.1) is 6.92 Å². The molecule has 11 heavy (non-hydrogen) atoms. The quantitative estimate of drug-likeness (QED) is 0.578. The Morgan fingerprint density at radius 3 is 3.00 bits per heavy atom. The van der Waals surface area contributed by atoms with Crippen molar-refractivity contribution in [2.24, 2.45) is 0 Å². The van der Waals surface area contributed by atoms with Crippen molar-refractivity contribution in [3.8, 4) is 0 Å². The van der Waals surface area contributed by atoms with Crippen LogP contribution in [0.1, 0.15) is 5.69 Å². The van der Waals surface area contributed by atoms with Gasteiger partial charge in [0.15, 0.2) is 0 Å². The monoisotopic (exact) mass is 148 g/mol. The number of hydrogen-bond donors (Lipinski definition) is 2. The summed E-state index contributed by atoms with van der Waals surface area (Å²) in [6.07, 6.45) is 1.64. The molecule has 3 heteroatoms. The molecule has 0 amide bonds. The van der Waals surface area contributed by atoms with Gasteiger partial charge in [0.2, 0.25) is 0 Å². The highest BCUT2D eigenvalue weighted by atomic mass is 16.1. The van der Waals surface area contributed by atoms with Gasteiger partial charge >= 0.3 is 0 Å². The lowest BCUT2D eigenvalue weighted by atomic mass is 10.3. The van der Waals surface area contributed by atoms with Crippen LogP contribution in [-0.2, 0) is 0 Å². The standard InChI is InChI=1S/C8H8N2O/c1-5-4-6-7(10-5)2-3-9-8(6)11/h2-4,10H,1H3,(H,9,11). The molecule has 3 nitrogen and oxygen atoms in total. The normalized spacial score (nSPS) is 10.6. The summed E-state index contributed by atoms with van der Waals surface area (Å²) < 4.78 is 0. The Morgan fingerprint density at radius 1 is 1.45 bits per heavy atom. The largest absolute Gasteiger partial charge is 0.358 e. The van der Waals surface area contributed by atoms with Crippen molar-refractivity contribution < 1.29 is 0 Å². The molecule has 0 aliphatic heterocycles. The maximum atomic E-state index is 11.1. The second-order valence-electron chi connectivity index (χ2n) is 2.59. The third-order valence-corrected chi connectivity index (χ3v) is 1.69. The fraction of sp³-hybridized carbons (Fsp3) is 0.125. The predicted molar refractivity (Wildman–Crippen MR) is 43.7 cm³/mol. The molecule has 0 radical (unpaired) electrons. The van der Waals surface area contributed by atoms with Gasteiger partial charge in [-0.1, -0.05) is 0 Å². The summed E-state index contributed by atoms with van der Waals surface area (Å²) >= 11 is 0. The highest BCUT2D eigenvalue weighted by Crippen LogP contribution is 2.07. The average molecular weight is 148 g/mol. The van der Waals surface area contributed by atoms with E-state index in [1.165, 1.54) is 0 Å². The molecule has 0 unspecified atom stereocenters. The van der Waals surface area contributed by atoms with E-state index < -0.39 is 0 Å². The minimum absolute atomic E-state index is 0.0353. The summed E-state index contributed by atoms with van der Waals surface area (Å²) in [5.74, 6) is 0.